The third-order valence-electron chi connectivity index (χ3n) is 3.16. The van der Waals surface area contributed by atoms with Crippen molar-refractivity contribution in [2.24, 2.45) is 5.73 Å². The number of pyridine rings is 1. The lowest BCUT2D eigenvalue weighted by atomic mass is 10.1. The molecule has 0 spiro atoms. The van der Waals surface area contributed by atoms with E-state index in [1.165, 1.54) is 6.07 Å². The molecule has 4 nitrogen and oxygen atoms in total. The van der Waals surface area contributed by atoms with Crippen LogP contribution >= 0.6 is 12.4 Å². The lowest BCUT2D eigenvalue weighted by Gasteiger charge is -2.20. The van der Waals surface area contributed by atoms with Gasteiger partial charge in [-0.05, 0) is 42.3 Å². The predicted molar refractivity (Wildman–Crippen MR) is 85.9 cm³/mol. The van der Waals surface area contributed by atoms with Gasteiger partial charge in [-0.2, -0.15) is 0 Å². The summed E-state index contributed by atoms with van der Waals surface area (Å²) in [6.45, 7) is 0.695. The zero-order valence-corrected chi connectivity index (χ0v) is 12.5. The standard InChI is InChI=1S/C15H17FN4.ClH/c1-20(9-6-11-4-7-19-8-5-11)14-3-2-12(15(17)18)10-13(14)16;/h2-5,7-8,10H,6,9H2,1H3,(H3,17,18);1H. The summed E-state index contributed by atoms with van der Waals surface area (Å²) in [6.07, 6.45) is 4.31. The van der Waals surface area contributed by atoms with E-state index in [0.29, 0.717) is 17.8 Å². The van der Waals surface area contributed by atoms with Crippen LogP contribution in [0.2, 0.25) is 0 Å². The first kappa shape index (κ1) is 16.9. The average molecular weight is 309 g/mol. The number of aromatic nitrogens is 1. The molecule has 21 heavy (non-hydrogen) atoms. The van der Waals surface area contributed by atoms with Gasteiger partial charge < -0.3 is 10.6 Å². The number of rotatable bonds is 5. The number of nitrogen functional groups attached to an aromatic ring is 1. The van der Waals surface area contributed by atoms with Gasteiger partial charge in [0.2, 0.25) is 0 Å². The molecule has 1 aromatic carbocycles. The van der Waals surface area contributed by atoms with Crippen LogP contribution in [0.3, 0.4) is 0 Å². The molecule has 0 radical (unpaired) electrons. The van der Waals surface area contributed by atoms with Crippen LogP contribution in [-0.2, 0) is 6.42 Å². The van der Waals surface area contributed by atoms with Crippen molar-refractivity contribution in [3.8, 4) is 0 Å². The molecule has 0 unspecified atom stereocenters. The molecule has 0 amide bonds. The van der Waals surface area contributed by atoms with Gasteiger partial charge >= 0.3 is 0 Å². The molecule has 0 saturated heterocycles. The molecule has 0 aliphatic rings. The quantitative estimate of drug-likeness (QED) is 0.659. The Balaban J connectivity index is 0.00000220. The van der Waals surface area contributed by atoms with Gasteiger partial charge in [0, 0.05) is 31.5 Å². The third kappa shape index (κ3) is 4.43. The smallest absolute Gasteiger partial charge is 0.147 e. The minimum atomic E-state index is -0.366. The van der Waals surface area contributed by atoms with Crippen LogP contribution in [-0.4, -0.2) is 24.4 Å². The summed E-state index contributed by atoms with van der Waals surface area (Å²) in [6, 6.07) is 8.50. The van der Waals surface area contributed by atoms with Gasteiger partial charge in [0.25, 0.3) is 0 Å². The zero-order chi connectivity index (χ0) is 14.5. The maximum atomic E-state index is 14.0. The van der Waals surface area contributed by atoms with Gasteiger partial charge in [0.15, 0.2) is 0 Å². The van der Waals surface area contributed by atoms with E-state index in [9.17, 15) is 4.39 Å². The first-order chi connectivity index (χ1) is 9.58. The summed E-state index contributed by atoms with van der Waals surface area (Å²) in [5.74, 6) is -0.496. The normalized spacial score (nSPS) is 9.81. The van der Waals surface area contributed by atoms with Crippen LogP contribution < -0.4 is 10.6 Å². The number of benzene rings is 1. The molecule has 2 rings (SSSR count). The first-order valence-corrected chi connectivity index (χ1v) is 6.32. The summed E-state index contributed by atoms with van der Waals surface area (Å²) >= 11 is 0. The summed E-state index contributed by atoms with van der Waals surface area (Å²) < 4.78 is 14.0. The zero-order valence-electron chi connectivity index (χ0n) is 11.7. The highest BCUT2D eigenvalue weighted by atomic mass is 35.5. The highest BCUT2D eigenvalue weighted by Crippen LogP contribution is 2.19. The molecule has 2 aromatic rings. The molecule has 0 bridgehead atoms. The molecule has 0 fully saturated rings. The molecule has 1 heterocycles. The number of amidine groups is 1. The monoisotopic (exact) mass is 308 g/mol. The number of nitrogens with zero attached hydrogens (tertiary/aromatic N) is 2. The van der Waals surface area contributed by atoms with E-state index >= 15 is 0 Å². The summed E-state index contributed by atoms with van der Waals surface area (Å²) in [5, 5.41) is 7.29. The van der Waals surface area contributed by atoms with Gasteiger partial charge in [-0.1, -0.05) is 0 Å². The molecule has 6 heteroatoms. The third-order valence-corrected chi connectivity index (χ3v) is 3.16. The Morgan fingerprint density at radius 3 is 2.52 bits per heavy atom. The van der Waals surface area contributed by atoms with E-state index in [-0.39, 0.29) is 24.1 Å². The van der Waals surface area contributed by atoms with Gasteiger partial charge in [-0.3, -0.25) is 10.4 Å². The van der Waals surface area contributed by atoms with Gasteiger partial charge in [-0.15, -0.1) is 12.4 Å². The molecule has 0 aliphatic heterocycles. The van der Waals surface area contributed by atoms with Crippen LogP contribution in [0.4, 0.5) is 10.1 Å². The van der Waals surface area contributed by atoms with Crippen molar-refractivity contribution in [1.82, 2.24) is 4.98 Å². The maximum Gasteiger partial charge on any atom is 0.147 e. The first-order valence-electron chi connectivity index (χ1n) is 6.32. The lowest BCUT2D eigenvalue weighted by Crippen LogP contribution is -2.22. The molecule has 1 aromatic heterocycles. The molecule has 112 valence electrons. The number of nitrogens with one attached hydrogen (secondary N) is 1. The van der Waals surface area contributed by atoms with Crippen LogP contribution in [0.25, 0.3) is 0 Å². The highest BCUT2D eigenvalue weighted by Gasteiger charge is 2.09. The van der Waals surface area contributed by atoms with E-state index in [1.54, 1.807) is 24.5 Å². The van der Waals surface area contributed by atoms with Crippen LogP contribution in [0.15, 0.2) is 42.7 Å². The Kier molecular flexibility index (Phi) is 6.11. The van der Waals surface area contributed by atoms with E-state index in [0.717, 1.165) is 12.0 Å². The van der Waals surface area contributed by atoms with Crippen molar-refractivity contribution in [1.29, 1.82) is 5.41 Å². The van der Waals surface area contributed by atoms with Gasteiger partial charge in [0.05, 0.1) is 5.69 Å². The fourth-order valence-electron chi connectivity index (χ4n) is 1.95. The van der Waals surface area contributed by atoms with Crippen molar-refractivity contribution in [2.75, 3.05) is 18.5 Å². The fourth-order valence-corrected chi connectivity index (χ4v) is 1.95. The molecular weight excluding hydrogens is 291 g/mol. The van der Waals surface area contributed by atoms with Crippen LogP contribution in [0, 0.1) is 11.2 Å². The summed E-state index contributed by atoms with van der Waals surface area (Å²) in [5.41, 5.74) is 7.40. The summed E-state index contributed by atoms with van der Waals surface area (Å²) in [4.78, 5) is 5.81. The number of anilines is 1. The SMILES string of the molecule is CN(CCc1ccncc1)c1ccc(C(=N)N)cc1F.Cl. The number of nitrogens with two attached hydrogens (primary N) is 1. The second-order valence-electron chi connectivity index (χ2n) is 4.61. The maximum absolute atomic E-state index is 14.0. The van der Waals surface area contributed by atoms with Crippen molar-refractivity contribution in [2.45, 2.75) is 6.42 Å². The second kappa shape index (κ2) is 7.59. The van der Waals surface area contributed by atoms with E-state index in [4.69, 9.17) is 11.1 Å². The largest absolute Gasteiger partial charge is 0.384 e. The summed E-state index contributed by atoms with van der Waals surface area (Å²) in [7, 11) is 1.84. The molecule has 0 aliphatic carbocycles. The van der Waals surface area contributed by atoms with Crippen molar-refractivity contribution in [3.63, 3.8) is 0 Å². The molecular formula is C15H18ClFN4. The van der Waals surface area contributed by atoms with Gasteiger partial charge in [-0.25, -0.2) is 4.39 Å². The Bertz CT molecular complexity index is 604. The minimum absolute atomic E-state index is 0. The van der Waals surface area contributed by atoms with Crippen molar-refractivity contribution < 1.29 is 4.39 Å². The molecule has 0 atom stereocenters. The number of hydrogen-bond donors (Lipinski definition) is 2. The Labute approximate surface area is 129 Å². The van der Waals surface area contributed by atoms with Crippen LogP contribution in [0.5, 0.6) is 0 Å². The van der Waals surface area contributed by atoms with E-state index in [1.807, 2.05) is 24.1 Å². The molecule has 3 N–H and O–H groups in total. The van der Waals surface area contributed by atoms with E-state index < -0.39 is 0 Å². The Hall–Kier alpha value is -2.14. The highest BCUT2D eigenvalue weighted by molar-refractivity contribution is 5.95. The Morgan fingerprint density at radius 1 is 1.29 bits per heavy atom. The lowest BCUT2D eigenvalue weighted by molar-refractivity contribution is 0.622. The molecule has 0 saturated carbocycles. The minimum Gasteiger partial charge on any atom is -0.384 e. The fraction of sp³-hybridized carbons (Fsp3) is 0.200. The number of halogens is 2. The topological polar surface area (TPSA) is 66.0 Å². The van der Waals surface area contributed by atoms with Gasteiger partial charge in [0.1, 0.15) is 11.7 Å². The second-order valence-corrected chi connectivity index (χ2v) is 4.61. The van der Waals surface area contributed by atoms with Crippen molar-refractivity contribution >= 4 is 23.9 Å². The number of likely N-dealkylation sites (N-methyl/N-ethyl adjacent to an activating group) is 1. The number of hydrogen-bond acceptors (Lipinski definition) is 3. The van der Waals surface area contributed by atoms with Crippen LogP contribution in [0.1, 0.15) is 11.1 Å². The predicted octanol–water partition coefficient (Wildman–Crippen LogP) is 2.61. The van der Waals surface area contributed by atoms with E-state index in [2.05, 4.69) is 4.98 Å². The Morgan fingerprint density at radius 2 is 1.95 bits per heavy atom. The van der Waals surface area contributed by atoms with Crippen molar-refractivity contribution in [3.05, 3.63) is 59.7 Å². The average Bonchev–Trinajstić information content (AvgIpc) is 2.45.